The van der Waals surface area contributed by atoms with Gasteiger partial charge in [0.25, 0.3) is 0 Å². The lowest BCUT2D eigenvalue weighted by molar-refractivity contribution is 1.37. The molecule has 5 rings (SSSR count). The third-order valence-electron chi connectivity index (χ3n) is 4.74. The molecule has 0 unspecified atom stereocenters. The summed E-state index contributed by atoms with van der Waals surface area (Å²) in [5, 5.41) is 1.24. The maximum Gasteiger partial charge on any atom is 0.0880 e. The number of thiophene rings is 1. The van der Waals surface area contributed by atoms with Crippen LogP contribution in [-0.4, -0.2) is 4.98 Å². The van der Waals surface area contributed by atoms with Gasteiger partial charge < -0.3 is 0 Å². The van der Waals surface area contributed by atoms with Gasteiger partial charge in [-0.2, -0.15) is 0 Å². The van der Waals surface area contributed by atoms with Crippen molar-refractivity contribution >= 4 is 21.4 Å². The molecule has 128 valence electrons. The van der Waals surface area contributed by atoms with Crippen molar-refractivity contribution in [3.05, 3.63) is 103 Å². The zero-order chi connectivity index (χ0) is 18.1. The van der Waals surface area contributed by atoms with Gasteiger partial charge in [0.05, 0.1) is 10.4 Å². The Balaban J connectivity index is 1.65. The molecule has 0 aliphatic heterocycles. The van der Waals surface area contributed by atoms with Crippen LogP contribution in [0.3, 0.4) is 0 Å². The van der Waals surface area contributed by atoms with E-state index in [1.165, 1.54) is 31.7 Å². The standard InChI is InChI=1S/C25H17NS/c1-3-8-18(9-4-1)20-12-7-13-21(16-20)24-25-22(14-15-26-24)17-23(27-25)19-10-5-2-6-11-19/h1-17H. The zero-order valence-corrected chi connectivity index (χ0v) is 15.5. The van der Waals surface area contributed by atoms with E-state index < -0.39 is 0 Å². The third kappa shape index (κ3) is 3.05. The van der Waals surface area contributed by atoms with Gasteiger partial charge in [-0.1, -0.05) is 78.9 Å². The molecule has 2 heterocycles. The van der Waals surface area contributed by atoms with Crippen LogP contribution in [0, 0.1) is 0 Å². The Morgan fingerprint density at radius 3 is 2.00 bits per heavy atom. The summed E-state index contributed by atoms with van der Waals surface area (Å²) in [5.41, 5.74) is 5.90. The molecule has 3 aromatic carbocycles. The van der Waals surface area contributed by atoms with Crippen molar-refractivity contribution in [3.8, 4) is 32.8 Å². The number of pyridine rings is 1. The van der Waals surface area contributed by atoms with E-state index in [1.54, 1.807) is 0 Å². The van der Waals surface area contributed by atoms with Crippen LogP contribution in [0.15, 0.2) is 103 Å². The first kappa shape index (κ1) is 16.0. The highest BCUT2D eigenvalue weighted by Gasteiger charge is 2.11. The van der Waals surface area contributed by atoms with E-state index in [0.717, 1.165) is 11.3 Å². The molecule has 0 aliphatic rings. The first-order chi connectivity index (χ1) is 13.4. The van der Waals surface area contributed by atoms with Gasteiger partial charge in [0.15, 0.2) is 0 Å². The molecule has 0 saturated heterocycles. The van der Waals surface area contributed by atoms with E-state index in [1.807, 2.05) is 23.6 Å². The van der Waals surface area contributed by atoms with E-state index in [2.05, 4.69) is 91.0 Å². The molecule has 0 bridgehead atoms. The van der Waals surface area contributed by atoms with Gasteiger partial charge in [-0.3, -0.25) is 4.98 Å². The van der Waals surface area contributed by atoms with Gasteiger partial charge in [-0.05, 0) is 40.3 Å². The van der Waals surface area contributed by atoms with Gasteiger partial charge in [0.2, 0.25) is 0 Å². The average molecular weight is 363 g/mol. The lowest BCUT2D eigenvalue weighted by atomic mass is 10.0. The van der Waals surface area contributed by atoms with Crippen molar-refractivity contribution in [2.45, 2.75) is 0 Å². The lowest BCUT2D eigenvalue weighted by Gasteiger charge is -2.06. The predicted octanol–water partition coefficient (Wildman–Crippen LogP) is 7.30. The van der Waals surface area contributed by atoms with Crippen molar-refractivity contribution < 1.29 is 0 Å². The zero-order valence-electron chi connectivity index (χ0n) is 14.7. The van der Waals surface area contributed by atoms with Crippen molar-refractivity contribution in [1.82, 2.24) is 4.98 Å². The number of rotatable bonds is 3. The smallest absolute Gasteiger partial charge is 0.0880 e. The van der Waals surface area contributed by atoms with Gasteiger partial charge in [-0.15, -0.1) is 11.3 Å². The first-order valence-corrected chi connectivity index (χ1v) is 9.80. The summed E-state index contributed by atoms with van der Waals surface area (Å²) in [6.45, 7) is 0. The molecule has 0 atom stereocenters. The molecule has 0 amide bonds. The second kappa shape index (κ2) is 6.82. The molecule has 27 heavy (non-hydrogen) atoms. The van der Waals surface area contributed by atoms with Crippen LogP contribution in [0.25, 0.3) is 42.9 Å². The van der Waals surface area contributed by atoms with Crippen LogP contribution >= 0.6 is 11.3 Å². The predicted molar refractivity (Wildman–Crippen MR) is 116 cm³/mol. The molecule has 2 heteroatoms. The monoisotopic (exact) mass is 363 g/mol. The number of aromatic nitrogens is 1. The van der Waals surface area contributed by atoms with Crippen molar-refractivity contribution in [1.29, 1.82) is 0 Å². The quantitative estimate of drug-likeness (QED) is 0.328. The molecule has 0 saturated carbocycles. The molecular formula is C25H17NS. The number of hydrogen-bond acceptors (Lipinski definition) is 2. The summed E-state index contributed by atoms with van der Waals surface area (Å²) in [6, 6.07) is 34.1. The molecule has 0 aliphatic carbocycles. The molecule has 0 N–H and O–H groups in total. The molecule has 1 nitrogen and oxygen atoms in total. The van der Waals surface area contributed by atoms with E-state index in [0.29, 0.717) is 0 Å². The maximum atomic E-state index is 4.73. The largest absolute Gasteiger partial charge is 0.255 e. The van der Waals surface area contributed by atoms with Crippen LogP contribution in [-0.2, 0) is 0 Å². The number of fused-ring (bicyclic) bond motifs is 1. The topological polar surface area (TPSA) is 12.9 Å². The lowest BCUT2D eigenvalue weighted by Crippen LogP contribution is -1.84. The first-order valence-electron chi connectivity index (χ1n) is 8.98. The average Bonchev–Trinajstić information content (AvgIpc) is 3.20. The van der Waals surface area contributed by atoms with Gasteiger partial charge in [0, 0.05) is 16.6 Å². The Bertz CT molecular complexity index is 1210. The molecule has 0 fully saturated rings. The Morgan fingerprint density at radius 1 is 0.556 bits per heavy atom. The van der Waals surface area contributed by atoms with Crippen LogP contribution in [0.4, 0.5) is 0 Å². The van der Waals surface area contributed by atoms with Crippen LogP contribution < -0.4 is 0 Å². The molecule has 2 aromatic heterocycles. The fraction of sp³-hybridized carbons (Fsp3) is 0. The fourth-order valence-electron chi connectivity index (χ4n) is 3.39. The number of benzene rings is 3. The minimum absolute atomic E-state index is 1.05. The summed E-state index contributed by atoms with van der Waals surface area (Å²) in [6.07, 6.45) is 1.91. The molecule has 0 spiro atoms. The van der Waals surface area contributed by atoms with Crippen LogP contribution in [0.5, 0.6) is 0 Å². The van der Waals surface area contributed by atoms with Crippen molar-refractivity contribution in [2.24, 2.45) is 0 Å². The van der Waals surface area contributed by atoms with Crippen LogP contribution in [0.2, 0.25) is 0 Å². The molecule has 5 aromatic rings. The summed E-state index contributed by atoms with van der Waals surface area (Å²) in [5.74, 6) is 0. The summed E-state index contributed by atoms with van der Waals surface area (Å²) >= 11 is 1.81. The van der Waals surface area contributed by atoms with Crippen molar-refractivity contribution in [2.75, 3.05) is 0 Å². The Labute approximate surface area is 162 Å². The minimum Gasteiger partial charge on any atom is -0.255 e. The second-order valence-corrected chi connectivity index (χ2v) is 7.55. The normalized spacial score (nSPS) is 11.0. The summed E-state index contributed by atoms with van der Waals surface area (Å²) < 4.78 is 1.24. The Morgan fingerprint density at radius 2 is 1.22 bits per heavy atom. The summed E-state index contributed by atoms with van der Waals surface area (Å²) in [4.78, 5) is 6.01. The minimum atomic E-state index is 1.05. The SMILES string of the molecule is c1ccc(-c2cccc(-c3nccc4cc(-c5ccccc5)sc34)c2)cc1. The number of hydrogen-bond donors (Lipinski definition) is 0. The van der Waals surface area contributed by atoms with Crippen molar-refractivity contribution in [3.63, 3.8) is 0 Å². The van der Waals surface area contributed by atoms with E-state index in [-0.39, 0.29) is 0 Å². The maximum absolute atomic E-state index is 4.73. The van der Waals surface area contributed by atoms with Gasteiger partial charge in [-0.25, -0.2) is 0 Å². The van der Waals surface area contributed by atoms with Gasteiger partial charge >= 0.3 is 0 Å². The highest BCUT2D eigenvalue weighted by atomic mass is 32.1. The van der Waals surface area contributed by atoms with E-state index in [4.69, 9.17) is 4.98 Å². The third-order valence-corrected chi connectivity index (χ3v) is 5.94. The molecular weight excluding hydrogens is 346 g/mol. The summed E-state index contributed by atoms with van der Waals surface area (Å²) in [7, 11) is 0. The van der Waals surface area contributed by atoms with Crippen LogP contribution in [0.1, 0.15) is 0 Å². The van der Waals surface area contributed by atoms with E-state index >= 15 is 0 Å². The Kier molecular flexibility index (Phi) is 4.04. The van der Waals surface area contributed by atoms with E-state index in [9.17, 15) is 0 Å². The Hall–Kier alpha value is -3.23. The van der Waals surface area contributed by atoms with Gasteiger partial charge in [0.1, 0.15) is 0 Å². The molecule has 0 radical (unpaired) electrons. The number of nitrogens with zero attached hydrogens (tertiary/aromatic N) is 1. The fourth-order valence-corrected chi connectivity index (χ4v) is 4.56. The highest BCUT2D eigenvalue weighted by molar-refractivity contribution is 7.22. The second-order valence-electron chi connectivity index (χ2n) is 6.50. The highest BCUT2D eigenvalue weighted by Crippen LogP contribution is 2.38.